The van der Waals surface area contributed by atoms with Gasteiger partial charge >= 0.3 is 12.3 Å². The average molecular weight is 248 g/mol. The summed E-state index contributed by atoms with van der Waals surface area (Å²) >= 11 is 0. The minimum absolute atomic E-state index is 0.169. The Labute approximate surface area is 96.1 Å². The minimum atomic E-state index is -4.76. The summed E-state index contributed by atoms with van der Waals surface area (Å²) in [6.45, 7) is 1.36. The second kappa shape index (κ2) is 5.56. The van der Waals surface area contributed by atoms with E-state index in [4.69, 9.17) is 4.74 Å². The lowest BCUT2D eigenvalue weighted by atomic mass is 10.2. The van der Waals surface area contributed by atoms with Gasteiger partial charge in [-0.1, -0.05) is 25.1 Å². The van der Waals surface area contributed by atoms with Crippen LogP contribution in [0.15, 0.2) is 24.3 Å². The second-order valence-corrected chi connectivity index (χ2v) is 3.17. The molecule has 0 saturated heterocycles. The third kappa shape index (κ3) is 4.76. The van der Waals surface area contributed by atoms with E-state index in [1.807, 2.05) is 0 Å². The summed E-state index contributed by atoms with van der Waals surface area (Å²) in [5.74, 6) is -0.837. The van der Waals surface area contributed by atoms with Crippen molar-refractivity contribution in [2.24, 2.45) is 0 Å². The van der Waals surface area contributed by atoms with Gasteiger partial charge in [0.25, 0.3) is 0 Å². The van der Waals surface area contributed by atoms with Crippen LogP contribution in [-0.4, -0.2) is 12.3 Å². The van der Waals surface area contributed by atoms with E-state index in [-0.39, 0.29) is 24.3 Å². The number of rotatable bonds is 4. The molecule has 1 aromatic rings. The maximum Gasteiger partial charge on any atom is 0.573 e. The average Bonchev–Trinajstić information content (AvgIpc) is 2.25. The summed E-state index contributed by atoms with van der Waals surface area (Å²) in [6, 6.07) is 5.52. The fourth-order valence-corrected chi connectivity index (χ4v) is 1.11. The molecule has 0 N–H and O–H groups in total. The van der Waals surface area contributed by atoms with Crippen molar-refractivity contribution in [3.8, 4) is 5.75 Å². The molecule has 1 rings (SSSR count). The Morgan fingerprint density at radius 2 is 1.94 bits per heavy atom. The molecule has 0 aromatic heterocycles. The number of benzene rings is 1. The molecule has 0 amide bonds. The van der Waals surface area contributed by atoms with E-state index in [2.05, 4.69) is 4.74 Å². The van der Waals surface area contributed by atoms with E-state index in [0.29, 0.717) is 0 Å². The summed E-state index contributed by atoms with van der Waals surface area (Å²) in [5, 5.41) is 0. The third-order valence-corrected chi connectivity index (χ3v) is 1.88. The Morgan fingerprint density at radius 1 is 1.29 bits per heavy atom. The van der Waals surface area contributed by atoms with Crippen LogP contribution in [0.25, 0.3) is 0 Å². The number of ether oxygens (including phenoxy) is 2. The second-order valence-electron chi connectivity index (χ2n) is 3.17. The first-order valence-electron chi connectivity index (χ1n) is 4.91. The van der Waals surface area contributed by atoms with E-state index in [1.54, 1.807) is 13.0 Å². The Bertz CT molecular complexity index is 388. The first kappa shape index (κ1) is 13.3. The smallest absolute Gasteiger partial charge is 0.461 e. The van der Waals surface area contributed by atoms with Crippen molar-refractivity contribution < 1.29 is 27.4 Å². The summed E-state index contributed by atoms with van der Waals surface area (Å²) in [4.78, 5) is 10.9. The van der Waals surface area contributed by atoms with Crippen LogP contribution in [0.1, 0.15) is 18.9 Å². The molecule has 0 fully saturated rings. The SMILES string of the molecule is CCC(=O)OCc1ccccc1OC(F)(F)F. The highest BCUT2D eigenvalue weighted by molar-refractivity contribution is 5.68. The molecule has 0 saturated carbocycles. The van der Waals surface area contributed by atoms with Crippen LogP contribution in [0.3, 0.4) is 0 Å². The lowest BCUT2D eigenvalue weighted by Crippen LogP contribution is -2.18. The first-order chi connectivity index (χ1) is 7.92. The summed E-state index contributed by atoms with van der Waals surface area (Å²) in [5.41, 5.74) is 0.173. The van der Waals surface area contributed by atoms with Crippen LogP contribution in [0.4, 0.5) is 13.2 Å². The van der Waals surface area contributed by atoms with Gasteiger partial charge in [0, 0.05) is 12.0 Å². The molecule has 1 aromatic carbocycles. The Balaban J connectivity index is 2.74. The van der Waals surface area contributed by atoms with Gasteiger partial charge in [0.15, 0.2) is 0 Å². The maximum absolute atomic E-state index is 12.1. The van der Waals surface area contributed by atoms with Crippen LogP contribution >= 0.6 is 0 Å². The van der Waals surface area contributed by atoms with Crippen molar-refractivity contribution in [1.82, 2.24) is 0 Å². The van der Waals surface area contributed by atoms with Gasteiger partial charge in [0.1, 0.15) is 12.4 Å². The van der Waals surface area contributed by atoms with E-state index in [0.717, 1.165) is 0 Å². The molecule has 0 heterocycles. The van der Waals surface area contributed by atoms with Gasteiger partial charge in [-0.15, -0.1) is 13.2 Å². The van der Waals surface area contributed by atoms with Gasteiger partial charge in [-0.05, 0) is 6.07 Å². The van der Waals surface area contributed by atoms with Crippen LogP contribution < -0.4 is 4.74 Å². The standard InChI is InChI=1S/C11H11F3O3/c1-2-10(15)16-7-8-5-3-4-6-9(8)17-11(12,13)14/h3-6H,2,7H2,1H3. The molecule has 6 heteroatoms. The zero-order valence-electron chi connectivity index (χ0n) is 9.08. The van der Waals surface area contributed by atoms with Gasteiger partial charge in [0.2, 0.25) is 0 Å². The number of alkyl halides is 3. The van der Waals surface area contributed by atoms with Gasteiger partial charge in [-0.25, -0.2) is 0 Å². The number of carbonyl (C=O) groups excluding carboxylic acids is 1. The molecule has 17 heavy (non-hydrogen) atoms. The number of para-hydroxylation sites is 1. The molecule has 3 nitrogen and oxygen atoms in total. The molecule has 0 aliphatic heterocycles. The lowest BCUT2D eigenvalue weighted by molar-refractivity contribution is -0.275. The van der Waals surface area contributed by atoms with Crippen molar-refractivity contribution in [3.05, 3.63) is 29.8 Å². The van der Waals surface area contributed by atoms with Crippen molar-refractivity contribution in [1.29, 1.82) is 0 Å². The normalized spacial score (nSPS) is 11.1. The molecule has 94 valence electrons. The zero-order valence-corrected chi connectivity index (χ0v) is 9.08. The largest absolute Gasteiger partial charge is 0.573 e. The fourth-order valence-electron chi connectivity index (χ4n) is 1.11. The van der Waals surface area contributed by atoms with E-state index in [9.17, 15) is 18.0 Å². The van der Waals surface area contributed by atoms with E-state index >= 15 is 0 Å². The predicted octanol–water partition coefficient (Wildman–Crippen LogP) is 3.04. The van der Waals surface area contributed by atoms with E-state index < -0.39 is 12.3 Å². The van der Waals surface area contributed by atoms with Gasteiger partial charge in [-0.3, -0.25) is 4.79 Å². The fraction of sp³-hybridized carbons (Fsp3) is 0.364. The summed E-state index contributed by atoms with van der Waals surface area (Å²) in [7, 11) is 0. The summed E-state index contributed by atoms with van der Waals surface area (Å²) in [6.07, 6.45) is -4.59. The Kier molecular flexibility index (Phi) is 4.37. The molecule has 0 radical (unpaired) electrons. The van der Waals surface area contributed by atoms with Crippen LogP contribution in [-0.2, 0) is 16.1 Å². The molecular weight excluding hydrogens is 237 g/mol. The third-order valence-electron chi connectivity index (χ3n) is 1.88. The monoisotopic (exact) mass is 248 g/mol. The number of carbonyl (C=O) groups is 1. The first-order valence-corrected chi connectivity index (χ1v) is 4.91. The highest BCUT2D eigenvalue weighted by Gasteiger charge is 2.32. The molecule has 0 bridgehead atoms. The Hall–Kier alpha value is -1.72. The summed E-state index contributed by atoms with van der Waals surface area (Å²) < 4.78 is 44.7. The molecule has 0 atom stereocenters. The molecule has 0 aliphatic rings. The number of hydrogen-bond donors (Lipinski definition) is 0. The molecular formula is C11H11F3O3. The topological polar surface area (TPSA) is 35.5 Å². The van der Waals surface area contributed by atoms with Crippen molar-refractivity contribution >= 4 is 5.97 Å². The highest BCUT2D eigenvalue weighted by Crippen LogP contribution is 2.26. The lowest BCUT2D eigenvalue weighted by Gasteiger charge is -2.12. The molecule has 0 aliphatic carbocycles. The number of halogens is 3. The molecule has 0 spiro atoms. The predicted molar refractivity (Wildman–Crippen MR) is 53.2 cm³/mol. The minimum Gasteiger partial charge on any atom is -0.461 e. The number of hydrogen-bond acceptors (Lipinski definition) is 3. The van der Waals surface area contributed by atoms with Crippen molar-refractivity contribution in [2.75, 3.05) is 0 Å². The maximum atomic E-state index is 12.1. The highest BCUT2D eigenvalue weighted by atomic mass is 19.4. The number of esters is 1. The van der Waals surface area contributed by atoms with E-state index in [1.165, 1.54) is 18.2 Å². The zero-order chi connectivity index (χ0) is 12.9. The van der Waals surface area contributed by atoms with Gasteiger partial charge < -0.3 is 9.47 Å². The van der Waals surface area contributed by atoms with Crippen LogP contribution in [0.5, 0.6) is 5.75 Å². The van der Waals surface area contributed by atoms with Crippen LogP contribution in [0, 0.1) is 0 Å². The molecule has 0 unspecified atom stereocenters. The van der Waals surface area contributed by atoms with Crippen molar-refractivity contribution in [3.63, 3.8) is 0 Å². The van der Waals surface area contributed by atoms with Crippen molar-refractivity contribution in [2.45, 2.75) is 26.3 Å². The van der Waals surface area contributed by atoms with Gasteiger partial charge in [0.05, 0.1) is 0 Å². The Morgan fingerprint density at radius 3 is 2.53 bits per heavy atom. The quantitative estimate of drug-likeness (QED) is 0.768. The van der Waals surface area contributed by atoms with Gasteiger partial charge in [-0.2, -0.15) is 0 Å². The van der Waals surface area contributed by atoms with Crippen LogP contribution in [0.2, 0.25) is 0 Å².